The minimum Gasteiger partial charge on any atom is -0.481 e. The number of nitrogens with zero attached hydrogens (tertiary/aromatic N) is 1. The summed E-state index contributed by atoms with van der Waals surface area (Å²) < 4.78 is 0. The van der Waals surface area contributed by atoms with Crippen LogP contribution in [-0.4, -0.2) is 21.0 Å². The summed E-state index contributed by atoms with van der Waals surface area (Å²) >= 11 is 0. The number of aromatic amines is 1. The van der Waals surface area contributed by atoms with E-state index in [1.807, 2.05) is 20.8 Å². The number of carbonyl (C=O) groups is 1. The minimum absolute atomic E-state index is 0.245. The first-order chi connectivity index (χ1) is 6.41. The van der Waals surface area contributed by atoms with E-state index in [-0.39, 0.29) is 5.41 Å². The van der Waals surface area contributed by atoms with E-state index < -0.39 is 11.9 Å². The quantitative estimate of drug-likeness (QED) is 0.773. The van der Waals surface area contributed by atoms with Crippen molar-refractivity contribution in [3.8, 4) is 0 Å². The molecule has 0 aliphatic rings. The molecule has 1 atom stereocenters. The Balaban J connectivity index is 2.76. The highest BCUT2D eigenvalue weighted by atomic mass is 16.4. The molecule has 1 aromatic rings. The van der Waals surface area contributed by atoms with Gasteiger partial charge in [0.05, 0.1) is 17.9 Å². The lowest BCUT2D eigenvalue weighted by Gasteiger charge is -2.26. The SMILES string of the molecule is CC(C)(C)C(Cc1c[nH]cn1)C(=O)O. The molecule has 14 heavy (non-hydrogen) atoms. The van der Waals surface area contributed by atoms with E-state index >= 15 is 0 Å². The van der Waals surface area contributed by atoms with Crippen LogP contribution in [0.3, 0.4) is 0 Å². The van der Waals surface area contributed by atoms with Crippen LogP contribution in [0.5, 0.6) is 0 Å². The third kappa shape index (κ3) is 2.58. The van der Waals surface area contributed by atoms with Crippen molar-refractivity contribution in [1.82, 2.24) is 9.97 Å². The molecule has 0 fully saturated rings. The summed E-state index contributed by atoms with van der Waals surface area (Å²) in [7, 11) is 0. The van der Waals surface area contributed by atoms with E-state index in [0.717, 1.165) is 5.69 Å². The van der Waals surface area contributed by atoms with Gasteiger partial charge in [0.1, 0.15) is 0 Å². The zero-order valence-corrected chi connectivity index (χ0v) is 8.74. The number of nitrogens with one attached hydrogen (secondary N) is 1. The molecule has 0 bridgehead atoms. The highest BCUT2D eigenvalue weighted by molar-refractivity contribution is 5.71. The van der Waals surface area contributed by atoms with Gasteiger partial charge in [-0.05, 0) is 5.41 Å². The number of aliphatic carboxylic acids is 1. The molecular weight excluding hydrogens is 180 g/mol. The molecule has 78 valence electrons. The number of hydrogen-bond donors (Lipinski definition) is 2. The largest absolute Gasteiger partial charge is 0.481 e. The predicted molar refractivity (Wildman–Crippen MR) is 52.9 cm³/mol. The Bertz CT molecular complexity index is 298. The zero-order chi connectivity index (χ0) is 10.8. The molecule has 4 heteroatoms. The van der Waals surface area contributed by atoms with Crippen LogP contribution in [-0.2, 0) is 11.2 Å². The van der Waals surface area contributed by atoms with Crippen LogP contribution < -0.4 is 0 Å². The van der Waals surface area contributed by atoms with Crippen LogP contribution >= 0.6 is 0 Å². The van der Waals surface area contributed by atoms with E-state index in [1.54, 1.807) is 12.5 Å². The van der Waals surface area contributed by atoms with Crippen LogP contribution in [0.4, 0.5) is 0 Å². The van der Waals surface area contributed by atoms with Gasteiger partial charge in [-0.15, -0.1) is 0 Å². The van der Waals surface area contributed by atoms with Gasteiger partial charge in [-0.1, -0.05) is 20.8 Å². The van der Waals surface area contributed by atoms with Crippen LogP contribution in [0.2, 0.25) is 0 Å². The van der Waals surface area contributed by atoms with Gasteiger partial charge in [-0.25, -0.2) is 4.98 Å². The Hall–Kier alpha value is -1.32. The molecule has 1 aromatic heterocycles. The molecule has 1 heterocycles. The van der Waals surface area contributed by atoms with Gasteiger partial charge in [0, 0.05) is 12.6 Å². The normalized spacial score (nSPS) is 13.9. The van der Waals surface area contributed by atoms with Crippen LogP contribution in [0.15, 0.2) is 12.5 Å². The van der Waals surface area contributed by atoms with E-state index in [9.17, 15) is 4.79 Å². The summed E-state index contributed by atoms with van der Waals surface area (Å²) in [6.07, 6.45) is 3.78. The first-order valence-corrected chi connectivity index (χ1v) is 4.61. The van der Waals surface area contributed by atoms with Crippen LogP contribution in [0.1, 0.15) is 26.5 Å². The topological polar surface area (TPSA) is 66.0 Å². The van der Waals surface area contributed by atoms with E-state index in [2.05, 4.69) is 9.97 Å². The summed E-state index contributed by atoms with van der Waals surface area (Å²) in [5, 5.41) is 9.07. The third-order valence-corrected chi connectivity index (χ3v) is 2.31. The lowest BCUT2D eigenvalue weighted by atomic mass is 9.78. The number of carboxylic acids is 1. The molecule has 0 amide bonds. The smallest absolute Gasteiger partial charge is 0.307 e. The Morgan fingerprint density at radius 3 is 2.64 bits per heavy atom. The molecule has 0 saturated heterocycles. The molecule has 0 saturated carbocycles. The molecule has 4 nitrogen and oxygen atoms in total. The number of rotatable bonds is 3. The number of H-pyrrole nitrogens is 1. The second kappa shape index (κ2) is 3.82. The molecule has 0 spiro atoms. The van der Waals surface area contributed by atoms with Gasteiger partial charge in [0.15, 0.2) is 0 Å². The van der Waals surface area contributed by atoms with Gasteiger partial charge in [0.2, 0.25) is 0 Å². The van der Waals surface area contributed by atoms with Crippen molar-refractivity contribution in [3.63, 3.8) is 0 Å². The fraction of sp³-hybridized carbons (Fsp3) is 0.600. The van der Waals surface area contributed by atoms with Crippen molar-refractivity contribution in [2.75, 3.05) is 0 Å². The van der Waals surface area contributed by atoms with E-state index in [1.165, 1.54) is 0 Å². The number of carboxylic acid groups (broad SMARTS) is 1. The van der Waals surface area contributed by atoms with Gasteiger partial charge >= 0.3 is 5.97 Å². The van der Waals surface area contributed by atoms with Crippen LogP contribution in [0.25, 0.3) is 0 Å². The molecular formula is C10H16N2O2. The fourth-order valence-electron chi connectivity index (χ4n) is 1.38. The number of imidazole rings is 1. The van der Waals surface area contributed by atoms with Crippen molar-refractivity contribution in [3.05, 3.63) is 18.2 Å². The number of aromatic nitrogens is 2. The Labute approximate surface area is 83.4 Å². The summed E-state index contributed by atoms with van der Waals surface area (Å²) in [5.41, 5.74) is 0.553. The van der Waals surface area contributed by atoms with E-state index in [0.29, 0.717) is 6.42 Å². The zero-order valence-electron chi connectivity index (χ0n) is 8.74. The molecule has 0 aromatic carbocycles. The lowest BCUT2D eigenvalue weighted by Crippen LogP contribution is -2.30. The van der Waals surface area contributed by atoms with Crippen molar-refractivity contribution in [2.45, 2.75) is 27.2 Å². The van der Waals surface area contributed by atoms with Gasteiger partial charge in [-0.2, -0.15) is 0 Å². The van der Waals surface area contributed by atoms with Gasteiger partial charge in [0.25, 0.3) is 0 Å². The minimum atomic E-state index is -0.763. The van der Waals surface area contributed by atoms with Crippen molar-refractivity contribution >= 4 is 5.97 Å². The molecule has 1 unspecified atom stereocenters. The fourth-order valence-corrected chi connectivity index (χ4v) is 1.38. The number of hydrogen-bond acceptors (Lipinski definition) is 2. The van der Waals surface area contributed by atoms with Gasteiger partial charge in [-0.3, -0.25) is 4.79 Å². The third-order valence-electron chi connectivity index (χ3n) is 2.31. The average molecular weight is 196 g/mol. The summed E-state index contributed by atoms with van der Waals surface area (Å²) in [4.78, 5) is 17.9. The Kier molecular flexibility index (Phi) is 2.93. The second-order valence-electron chi connectivity index (χ2n) is 4.52. The predicted octanol–water partition coefficient (Wildman–Crippen LogP) is 1.70. The summed E-state index contributed by atoms with van der Waals surface area (Å²) in [6, 6.07) is 0. The molecule has 1 rings (SSSR count). The van der Waals surface area contributed by atoms with Gasteiger partial charge < -0.3 is 10.1 Å². The molecule has 0 aliphatic heterocycles. The maximum absolute atomic E-state index is 11.0. The average Bonchev–Trinajstić information content (AvgIpc) is 2.48. The highest BCUT2D eigenvalue weighted by Crippen LogP contribution is 2.28. The maximum Gasteiger partial charge on any atom is 0.307 e. The first-order valence-electron chi connectivity index (χ1n) is 4.61. The summed E-state index contributed by atoms with van der Waals surface area (Å²) in [6.45, 7) is 5.79. The monoisotopic (exact) mass is 196 g/mol. The van der Waals surface area contributed by atoms with Crippen molar-refractivity contribution in [2.24, 2.45) is 11.3 Å². The first kappa shape index (κ1) is 10.8. The second-order valence-corrected chi connectivity index (χ2v) is 4.52. The molecule has 0 radical (unpaired) electrons. The van der Waals surface area contributed by atoms with Crippen molar-refractivity contribution in [1.29, 1.82) is 0 Å². The molecule has 0 aliphatic carbocycles. The van der Waals surface area contributed by atoms with Crippen LogP contribution in [0, 0.1) is 11.3 Å². The molecule has 2 N–H and O–H groups in total. The van der Waals surface area contributed by atoms with E-state index in [4.69, 9.17) is 5.11 Å². The van der Waals surface area contributed by atoms with Crippen molar-refractivity contribution < 1.29 is 9.90 Å². The Morgan fingerprint density at radius 1 is 1.64 bits per heavy atom. The summed E-state index contributed by atoms with van der Waals surface area (Å²) in [5.74, 6) is -1.16. The lowest BCUT2D eigenvalue weighted by molar-refractivity contribution is -0.145. The highest BCUT2D eigenvalue weighted by Gasteiger charge is 2.31. The standard InChI is InChI=1S/C10H16N2O2/c1-10(2,3)8(9(13)14)4-7-5-11-6-12-7/h5-6,8H,4H2,1-3H3,(H,11,12)(H,13,14). The Morgan fingerprint density at radius 2 is 2.29 bits per heavy atom. The maximum atomic E-state index is 11.0.